The van der Waals surface area contributed by atoms with E-state index in [1.165, 1.54) is 0 Å². The predicted molar refractivity (Wildman–Crippen MR) is 67.7 cm³/mol. The number of nitrogens with zero attached hydrogens (tertiary/aromatic N) is 1. The predicted octanol–water partition coefficient (Wildman–Crippen LogP) is 1.33. The van der Waals surface area contributed by atoms with Crippen LogP contribution in [0.5, 0.6) is 0 Å². The quantitative estimate of drug-likeness (QED) is 0.837. The first-order chi connectivity index (χ1) is 9.03. The molecule has 1 aliphatic heterocycles. The van der Waals surface area contributed by atoms with Gasteiger partial charge in [-0.3, -0.25) is 0 Å². The van der Waals surface area contributed by atoms with Crippen molar-refractivity contribution in [1.82, 2.24) is 4.31 Å². The molecule has 1 saturated heterocycles. The molecule has 1 heterocycles. The number of benzene rings is 1. The van der Waals surface area contributed by atoms with Gasteiger partial charge in [-0.25, -0.2) is 8.98 Å². The monoisotopic (exact) mass is 285 g/mol. The molecule has 104 valence electrons. The van der Waals surface area contributed by atoms with Gasteiger partial charge in [-0.05, 0) is 18.4 Å². The Labute approximate surface area is 112 Å². The number of hydrogen-bond acceptors (Lipinski definition) is 5. The molecule has 6 nitrogen and oxygen atoms in total. The summed E-state index contributed by atoms with van der Waals surface area (Å²) < 4.78 is 33.1. The molecule has 2 rings (SSSR count). The Hall–Kier alpha value is -1.60. The number of methoxy groups -OCH3 is 1. The van der Waals surface area contributed by atoms with Crippen molar-refractivity contribution < 1.29 is 22.1 Å². The van der Waals surface area contributed by atoms with E-state index in [0.29, 0.717) is 17.1 Å². The maximum Gasteiger partial charge on any atom is 0.425 e. The fraction of sp³-hybridized carbons (Fsp3) is 0.417. The summed E-state index contributed by atoms with van der Waals surface area (Å²) in [5, 5.41) is 0. The van der Waals surface area contributed by atoms with Crippen LogP contribution in [-0.2, 0) is 25.6 Å². The summed E-state index contributed by atoms with van der Waals surface area (Å²) in [7, 11) is -2.86. The van der Waals surface area contributed by atoms with Crippen molar-refractivity contribution in [3.8, 4) is 0 Å². The molecule has 1 aromatic rings. The molecule has 7 heteroatoms. The number of aryl methyl sites for hydroxylation is 1. The van der Waals surface area contributed by atoms with Crippen molar-refractivity contribution in [3.63, 3.8) is 0 Å². The van der Waals surface area contributed by atoms with Crippen LogP contribution < -0.4 is 0 Å². The van der Waals surface area contributed by atoms with Gasteiger partial charge in [0.25, 0.3) is 0 Å². The number of hydrogen-bond donors (Lipinski definition) is 0. The highest BCUT2D eigenvalue weighted by Gasteiger charge is 2.41. The lowest BCUT2D eigenvalue weighted by molar-refractivity contribution is 0.149. The molecule has 0 spiro atoms. The molecule has 1 amide bonds. The van der Waals surface area contributed by atoms with Crippen LogP contribution in [0.25, 0.3) is 0 Å². The van der Waals surface area contributed by atoms with Crippen molar-refractivity contribution in [2.24, 2.45) is 0 Å². The lowest BCUT2D eigenvalue weighted by Crippen LogP contribution is -2.32. The number of carbonyl (C=O) groups is 1. The molecule has 0 bridgehead atoms. The maximum absolute atomic E-state index is 11.6. The fourth-order valence-corrected chi connectivity index (χ4v) is 3.12. The van der Waals surface area contributed by atoms with Gasteiger partial charge in [0.05, 0.1) is 19.8 Å². The second-order valence-electron chi connectivity index (χ2n) is 4.20. The van der Waals surface area contributed by atoms with Crippen LogP contribution in [0.4, 0.5) is 4.79 Å². The van der Waals surface area contributed by atoms with Crippen LogP contribution in [0.3, 0.4) is 0 Å². The Morgan fingerprint density at radius 3 is 2.74 bits per heavy atom. The van der Waals surface area contributed by atoms with E-state index in [4.69, 9.17) is 4.18 Å². The van der Waals surface area contributed by atoms with Crippen molar-refractivity contribution in [1.29, 1.82) is 0 Å². The van der Waals surface area contributed by atoms with Crippen LogP contribution in [0, 0.1) is 0 Å². The molecular formula is C12H15NO5S. The van der Waals surface area contributed by atoms with E-state index < -0.39 is 22.5 Å². The molecule has 1 aromatic carbocycles. The van der Waals surface area contributed by atoms with Crippen molar-refractivity contribution >= 4 is 16.4 Å². The fourth-order valence-electron chi connectivity index (χ4n) is 1.91. The summed E-state index contributed by atoms with van der Waals surface area (Å²) in [5.41, 5.74) is 1.10. The summed E-state index contributed by atoms with van der Waals surface area (Å²) >= 11 is 0. The Kier molecular flexibility index (Phi) is 4.06. The van der Waals surface area contributed by atoms with Gasteiger partial charge in [0.15, 0.2) is 0 Å². The van der Waals surface area contributed by atoms with Crippen LogP contribution in [-0.4, -0.2) is 38.6 Å². The van der Waals surface area contributed by atoms with E-state index >= 15 is 0 Å². The van der Waals surface area contributed by atoms with Crippen LogP contribution in [0.2, 0.25) is 0 Å². The lowest BCUT2D eigenvalue weighted by atomic mass is 10.1. The Bertz CT molecular complexity index is 542. The molecule has 0 aliphatic carbocycles. The topological polar surface area (TPSA) is 72.9 Å². The zero-order valence-electron chi connectivity index (χ0n) is 10.5. The molecule has 1 unspecified atom stereocenters. The minimum atomic E-state index is -3.99. The van der Waals surface area contributed by atoms with E-state index in [1.807, 2.05) is 30.3 Å². The largest absolute Gasteiger partial charge is 0.452 e. The molecule has 1 fully saturated rings. The van der Waals surface area contributed by atoms with E-state index in [9.17, 15) is 13.2 Å². The SMILES string of the molecule is COC(=O)N1CC(CCc2ccccc2)OS1(=O)=O. The van der Waals surface area contributed by atoms with Gasteiger partial charge in [-0.1, -0.05) is 30.3 Å². The van der Waals surface area contributed by atoms with Crippen molar-refractivity contribution in [2.45, 2.75) is 18.9 Å². The standard InChI is InChI=1S/C12H15NO5S/c1-17-12(14)13-9-11(18-19(13,15)16)8-7-10-5-3-2-4-6-10/h2-6,11H,7-9H2,1H3. The van der Waals surface area contributed by atoms with Gasteiger partial charge in [0.1, 0.15) is 0 Å². The molecule has 1 aliphatic rings. The molecule has 1 atom stereocenters. The van der Waals surface area contributed by atoms with Gasteiger partial charge in [0.2, 0.25) is 0 Å². The first-order valence-corrected chi connectivity index (χ1v) is 7.22. The van der Waals surface area contributed by atoms with Gasteiger partial charge in [-0.15, -0.1) is 0 Å². The summed E-state index contributed by atoms with van der Waals surface area (Å²) in [5.74, 6) is 0. The highest BCUT2D eigenvalue weighted by molar-refractivity contribution is 7.85. The minimum absolute atomic E-state index is 0.00183. The molecule has 0 radical (unpaired) electrons. The molecule has 19 heavy (non-hydrogen) atoms. The first kappa shape index (κ1) is 13.8. The Morgan fingerprint density at radius 1 is 1.42 bits per heavy atom. The van der Waals surface area contributed by atoms with E-state index in [-0.39, 0.29) is 6.54 Å². The maximum atomic E-state index is 11.6. The van der Waals surface area contributed by atoms with Gasteiger partial charge < -0.3 is 4.74 Å². The summed E-state index contributed by atoms with van der Waals surface area (Å²) in [4.78, 5) is 11.3. The highest BCUT2D eigenvalue weighted by Crippen LogP contribution is 2.22. The van der Waals surface area contributed by atoms with Crippen LogP contribution in [0.15, 0.2) is 30.3 Å². The third-order valence-corrected chi connectivity index (χ3v) is 4.23. The second-order valence-corrected chi connectivity index (χ2v) is 5.69. The van der Waals surface area contributed by atoms with Crippen molar-refractivity contribution in [2.75, 3.05) is 13.7 Å². The zero-order chi connectivity index (χ0) is 13.9. The third kappa shape index (κ3) is 3.24. The van der Waals surface area contributed by atoms with E-state index in [2.05, 4.69) is 4.74 Å². The molecule has 0 saturated carbocycles. The average molecular weight is 285 g/mol. The number of amides is 1. The van der Waals surface area contributed by atoms with Gasteiger partial charge in [-0.2, -0.15) is 12.7 Å². The van der Waals surface area contributed by atoms with E-state index in [1.54, 1.807) is 0 Å². The second kappa shape index (κ2) is 5.58. The first-order valence-electron chi connectivity index (χ1n) is 5.86. The third-order valence-electron chi connectivity index (χ3n) is 2.87. The van der Waals surface area contributed by atoms with E-state index in [0.717, 1.165) is 12.7 Å². The minimum Gasteiger partial charge on any atom is -0.452 e. The highest BCUT2D eigenvalue weighted by atomic mass is 32.2. The molecular weight excluding hydrogens is 270 g/mol. The normalized spacial score (nSPS) is 21.3. The smallest absolute Gasteiger partial charge is 0.425 e. The Morgan fingerprint density at radius 2 is 2.11 bits per heavy atom. The number of rotatable bonds is 3. The van der Waals surface area contributed by atoms with Crippen LogP contribution >= 0.6 is 0 Å². The molecule has 0 aromatic heterocycles. The van der Waals surface area contributed by atoms with Gasteiger partial charge in [0, 0.05) is 0 Å². The summed E-state index contributed by atoms with van der Waals surface area (Å²) in [6.07, 6.45) is -0.223. The lowest BCUT2D eigenvalue weighted by Gasteiger charge is -2.09. The Balaban J connectivity index is 1.96. The number of ether oxygens (including phenoxy) is 1. The zero-order valence-corrected chi connectivity index (χ0v) is 11.3. The van der Waals surface area contributed by atoms with Gasteiger partial charge >= 0.3 is 16.4 Å². The van der Waals surface area contributed by atoms with Crippen LogP contribution in [0.1, 0.15) is 12.0 Å². The summed E-state index contributed by atoms with van der Waals surface area (Å²) in [6, 6.07) is 9.67. The summed E-state index contributed by atoms with van der Waals surface area (Å²) in [6.45, 7) is 0.00183. The number of carbonyl (C=O) groups excluding carboxylic acids is 1. The van der Waals surface area contributed by atoms with Crippen molar-refractivity contribution in [3.05, 3.63) is 35.9 Å². The average Bonchev–Trinajstić information content (AvgIpc) is 2.72. The molecule has 0 N–H and O–H groups in total.